The molecule has 0 atom stereocenters. The van der Waals surface area contributed by atoms with Gasteiger partial charge in [0.05, 0.1) is 6.61 Å². The molecule has 116 valence electrons. The van der Waals surface area contributed by atoms with E-state index < -0.39 is 6.16 Å². The van der Waals surface area contributed by atoms with Crippen LogP contribution in [0, 0.1) is 0 Å². The molecule has 0 aliphatic carbocycles. The molecule has 0 unspecified atom stereocenters. The second-order valence-corrected chi connectivity index (χ2v) is 5.18. The monoisotopic (exact) mass is 298 g/mol. The molecular formula is C19H22O3. The number of hydrogen-bond donors (Lipinski definition) is 0. The molecule has 2 rings (SSSR count). The Morgan fingerprint density at radius 3 is 2.27 bits per heavy atom. The molecule has 0 saturated heterocycles. The summed E-state index contributed by atoms with van der Waals surface area (Å²) >= 11 is 0. The molecule has 0 aromatic heterocycles. The van der Waals surface area contributed by atoms with Crippen LogP contribution in [0.3, 0.4) is 0 Å². The van der Waals surface area contributed by atoms with Crippen LogP contribution >= 0.6 is 0 Å². The lowest BCUT2D eigenvalue weighted by Crippen LogP contribution is -2.11. The van der Waals surface area contributed by atoms with Gasteiger partial charge < -0.3 is 9.47 Å². The van der Waals surface area contributed by atoms with Gasteiger partial charge in [0.2, 0.25) is 0 Å². The van der Waals surface area contributed by atoms with E-state index in [1.165, 1.54) is 11.1 Å². The van der Waals surface area contributed by atoms with Gasteiger partial charge >= 0.3 is 6.16 Å². The third-order valence-corrected chi connectivity index (χ3v) is 3.34. The fraction of sp³-hybridized carbons (Fsp3) is 0.316. The van der Waals surface area contributed by atoms with E-state index in [-0.39, 0.29) is 0 Å². The van der Waals surface area contributed by atoms with Crippen LogP contribution < -0.4 is 4.74 Å². The molecule has 0 N–H and O–H groups in total. The smallest absolute Gasteiger partial charge is 0.434 e. The molecule has 0 aliphatic heterocycles. The van der Waals surface area contributed by atoms with Crippen LogP contribution in [0.5, 0.6) is 5.75 Å². The van der Waals surface area contributed by atoms with E-state index in [1.807, 2.05) is 30.3 Å². The van der Waals surface area contributed by atoms with Crippen molar-refractivity contribution in [1.29, 1.82) is 0 Å². The highest BCUT2D eigenvalue weighted by atomic mass is 16.7. The Bertz CT molecular complexity index is 561. The van der Waals surface area contributed by atoms with Gasteiger partial charge in [0.15, 0.2) is 0 Å². The Kier molecular flexibility index (Phi) is 6.49. The quantitative estimate of drug-likeness (QED) is 0.419. The maximum atomic E-state index is 11.6. The number of carbonyl (C=O) groups is 1. The average Bonchev–Trinajstić information content (AvgIpc) is 2.55. The fourth-order valence-electron chi connectivity index (χ4n) is 2.21. The number of ether oxygens (including phenoxy) is 2. The number of aryl methyl sites for hydroxylation is 2. The van der Waals surface area contributed by atoms with Gasteiger partial charge in [-0.3, -0.25) is 0 Å². The second-order valence-electron chi connectivity index (χ2n) is 5.18. The molecule has 0 spiro atoms. The largest absolute Gasteiger partial charge is 0.513 e. The van der Waals surface area contributed by atoms with Gasteiger partial charge in [-0.05, 0) is 42.5 Å². The average molecular weight is 298 g/mol. The first-order chi connectivity index (χ1) is 10.8. The lowest BCUT2D eigenvalue weighted by atomic mass is 10.1. The van der Waals surface area contributed by atoms with Crippen molar-refractivity contribution in [2.45, 2.75) is 32.6 Å². The van der Waals surface area contributed by atoms with Crippen LogP contribution in [0.25, 0.3) is 0 Å². The van der Waals surface area contributed by atoms with Crippen LogP contribution in [-0.4, -0.2) is 12.8 Å². The van der Waals surface area contributed by atoms with E-state index in [4.69, 9.17) is 9.47 Å². The summed E-state index contributed by atoms with van der Waals surface area (Å²) in [6.45, 7) is 2.50. The maximum absolute atomic E-state index is 11.6. The number of carbonyl (C=O) groups excluding carboxylic acids is 1. The van der Waals surface area contributed by atoms with Crippen molar-refractivity contribution >= 4 is 6.16 Å². The summed E-state index contributed by atoms with van der Waals surface area (Å²) < 4.78 is 10.2. The van der Waals surface area contributed by atoms with Gasteiger partial charge in [0.25, 0.3) is 0 Å². The minimum Gasteiger partial charge on any atom is -0.434 e. The van der Waals surface area contributed by atoms with Crippen molar-refractivity contribution in [3.8, 4) is 5.75 Å². The maximum Gasteiger partial charge on any atom is 0.513 e. The summed E-state index contributed by atoms with van der Waals surface area (Å²) in [5, 5.41) is 0. The van der Waals surface area contributed by atoms with E-state index in [9.17, 15) is 4.79 Å². The molecule has 3 heteroatoms. The second kappa shape index (κ2) is 8.88. The van der Waals surface area contributed by atoms with Crippen LogP contribution in [0.15, 0.2) is 54.6 Å². The number of benzene rings is 2. The lowest BCUT2D eigenvalue weighted by Gasteiger charge is -2.07. The topological polar surface area (TPSA) is 35.5 Å². The molecule has 2 aromatic carbocycles. The molecule has 0 saturated carbocycles. The molecule has 3 nitrogen and oxygen atoms in total. The van der Waals surface area contributed by atoms with E-state index in [0.29, 0.717) is 12.4 Å². The van der Waals surface area contributed by atoms with Gasteiger partial charge in [-0.1, -0.05) is 55.8 Å². The Morgan fingerprint density at radius 2 is 1.59 bits per heavy atom. The zero-order chi connectivity index (χ0) is 15.6. The molecule has 22 heavy (non-hydrogen) atoms. The molecule has 0 aliphatic rings. The van der Waals surface area contributed by atoms with Gasteiger partial charge in [-0.15, -0.1) is 0 Å². The van der Waals surface area contributed by atoms with Crippen LogP contribution in [0.4, 0.5) is 4.79 Å². The normalized spacial score (nSPS) is 10.2. The molecular weight excluding hydrogens is 276 g/mol. The van der Waals surface area contributed by atoms with E-state index in [2.05, 4.69) is 19.1 Å². The van der Waals surface area contributed by atoms with Crippen LogP contribution in [0.1, 0.15) is 30.9 Å². The van der Waals surface area contributed by atoms with Crippen molar-refractivity contribution in [2.75, 3.05) is 6.61 Å². The van der Waals surface area contributed by atoms with Crippen molar-refractivity contribution in [3.63, 3.8) is 0 Å². The summed E-state index contributed by atoms with van der Waals surface area (Å²) in [4.78, 5) is 11.6. The van der Waals surface area contributed by atoms with E-state index in [0.717, 1.165) is 25.7 Å². The fourth-order valence-corrected chi connectivity index (χ4v) is 2.21. The molecule has 0 heterocycles. The highest BCUT2D eigenvalue weighted by Crippen LogP contribution is 2.14. The van der Waals surface area contributed by atoms with Gasteiger partial charge in [0.1, 0.15) is 5.75 Å². The molecule has 0 fully saturated rings. The predicted octanol–water partition coefficient (Wildman–Crippen LogP) is 4.79. The van der Waals surface area contributed by atoms with Gasteiger partial charge in [-0.25, -0.2) is 4.79 Å². The first kappa shape index (κ1) is 16.1. The zero-order valence-electron chi connectivity index (χ0n) is 13.0. The molecule has 2 aromatic rings. The number of hydrogen-bond acceptors (Lipinski definition) is 3. The zero-order valence-corrected chi connectivity index (χ0v) is 13.0. The molecule has 0 amide bonds. The Morgan fingerprint density at radius 1 is 0.909 bits per heavy atom. The highest BCUT2D eigenvalue weighted by Gasteiger charge is 2.05. The van der Waals surface area contributed by atoms with Crippen molar-refractivity contribution in [3.05, 3.63) is 65.7 Å². The third-order valence-electron chi connectivity index (χ3n) is 3.34. The van der Waals surface area contributed by atoms with E-state index in [1.54, 1.807) is 12.1 Å². The minimum atomic E-state index is -0.642. The standard InChI is InChI=1S/C19H22O3/c1-2-7-16-11-13-18(14-12-16)22-19(20)21-15-6-10-17-8-4-3-5-9-17/h3-5,8-9,11-14H,2,6-7,10,15H2,1H3. The summed E-state index contributed by atoms with van der Waals surface area (Å²) in [5.41, 5.74) is 2.48. The van der Waals surface area contributed by atoms with Crippen LogP contribution in [-0.2, 0) is 17.6 Å². The summed E-state index contributed by atoms with van der Waals surface area (Å²) in [5.74, 6) is 0.521. The van der Waals surface area contributed by atoms with E-state index >= 15 is 0 Å². The van der Waals surface area contributed by atoms with Gasteiger partial charge in [0, 0.05) is 0 Å². The molecule has 0 radical (unpaired) electrons. The van der Waals surface area contributed by atoms with Crippen LogP contribution in [0.2, 0.25) is 0 Å². The predicted molar refractivity (Wildman–Crippen MR) is 87.2 cm³/mol. The first-order valence-electron chi connectivity index (χ1n) is 7.75. The SMILES string of the molecule is CCCc1ccc(OC(=O)OCCCc2ccccc2)cc1. The van der Waals surface area contributed by atoms with Crippen molar-refractivity contribution in [1.82, 2.24) is 0 Å². The first-order valence-corrected chi connectivity index (χ1v) is 7.75. The third kappa shape index (κ3) is 5.60. The summed E-state index contributed by atoms with van der Waals surface area (Å²) in [6, 6.07) is 17.7. The lowest BCUT2D eigenvalue weighted by molar-refractivity contribution is 0.0980. The van der Waals surface area contributed by atoms with Crippen molar-refractivity contribution < 1.29 is 14.3 Å². The minimum absolute atomic E-state index is 0.363. The van der Waals surface area contributed by atoms with Gasteiger partial charge in [-0.2, -0.15) is 0 Å². The Hall–Kier alpha value is -2.29. The Labute approximate surface area is 131 Å². The van der Waals surface area contributed by atoms with Crippen molar-refractivity contribution in [2.24, 2.45) is 0 Å². The number of rotatable bonds is 7. The Balaban J connectivity index is 1.67. The molecule has 0 bridgehead atoms. The highest BCUT2D eigenvalue weighted by molar-refractivity contribution is 5.63. The summed E-state index contributed by atoms with van der Waals surface area (Å²) in [7, 11) is 0. The summed E-state index contributed by atoms with van der Waals surface area (Å²) in [6.07, 6.45) is 3.17.